The van der Waals surface area contributed by atoms with Crippen LogP contribution in [-0.2, 0) is 4.79 Å². The minimum atomic E-state index is -0.414. The number of amides is 1. The largest absolute Gasteiger partial charge is 0.390 e. The fraction of sp³-hybridized carbons (Fsp3) is 0.929. The Bertz CT molecular complexity index is 301. The van der Waals surface area contributed by atoms with Gasteiger partial charge in [0.1, 0.15) is 0 Å². The number of hydrogen-bond acceptors (Lipinski definition) is 4. The predicted octanol–water partition coefficient (Wildman–Crippen LogP) is -0.00430. The van der Waals surface area contributed by atoms with Gasteiger partial charge in [-0.25, -0.2) is 0 Å². The lowest BCUT2D eigenvalue weighted by molar-refractivity contribution is -0.131. The summed E-state index contributed by atoms with van der Waals surface area (Å²) in [4.78, 5) is 18.4. The summed E-state index contributed by atoms with van der Waals surface area (Å²) in [6.07, 6.45) is 4.57. The second-order valence-corrected chi connectivity index (χ2v) is 6.09. The molecule has 5 heteroatoms. The van der Waals surface area contributed by atoms with Crippen LogP contribution in [0, 0.1) is 0 Å². The summed E-state index contributed by atoms with van der Waals surface area (Å²) in [7, 11) is 3.91. The third-order valence-corrected chi connectivity index (χ3v) is 4.33. The lowest BCUT2D eigenvalue weighted by Crippen LogP contribution is -2.41. The first-order valence-electron chi connectivity index (χ1n) is 7.42. The van der Waals surface area contributed by atoms with Gasteiger partial charge in [-0.3, -0.25) is 9.69 Å². The first-order valence-corrected chi connectivity index (χ1v) is 7.42. The van der Waals surface area contributed by atoms with Gasteiger partial charge in [0.25, 0.3) is 0 Å². The fourth-order valence-electron chi connectivity index (χ4n) is 3.07. The van der Waals surface area contributed by atoms with Crippen LogP contribution in [0.25, 0.3) is 0 Å². The van der Waals surface area contributed by atoms with Gasteiger partial charge in [0.05, 0.1) is 18.7 Å². The zero-order valence-electron chi connectivity index (χ0n) is 12.2. The van der Waals surface area contributed by atoms with Crippen molar-refractivity contribution in [3.05, 3.63) is 0 Å². The maximum Gasteiger partial charge on any atom is 0.236 e. The molecule has 0 spiro atoms. The van der Waals surface area contributed by atoms with Crippen molar-refractivity contribution in [1.29, 1.82) is 0 Å². The van der Waals surface area contributed by atoms with Crippen molar-refractivity contribution in [2.45, 2.75) is 37.8 Å². The molecule has 2 atom stereocenters. The average Bonchev–Trinajstić information content (AvgIpc) is 2.58. The maximum absolute atomic E-state index is 12.3. The Morgan fingerprint density at radius 3 is 2.32 bits per heavy atom. The number of nitrogens with zero attached hydrogens (tertiary/aromatic N) is 3. The number of likely N-dealkylation sites (tertiary alicyclic amines) is 2. The maximum atomic E-state index is 12.3. The number of aliphatic hydroxyl groups is 1. The van der Waals surface area contributed by atoms with Gasteiger partial charge < -0.3 is 14.9 Å². The Hall–Kier alpha value is -0.650. The van der Waals surface area contributed by atoms with Crippen LogP contribution in [0.5, 0.6) is 0 Å². The van der Waals surface area contributed by atoms with Crippen molar-refractivity contribution in [2.75, 3.05) is 46.8 Å². The first-order chi connectivity index (χ1) is 9.08. The zero-order valence-corrected chi connectivity index (χ0v) is 12.2. The van der Waals surface area contributed by atoms with Gasteiger partial charge >= 0.3 is 0 Å². The minimum absolute atomic E-state index is 0.0769. The van der Waals surface area contributed by atoms with Gasteiger partial charge in [-0.15, -0.1) is 0 Å². The Kier molecular flexibility index (Phi) is 5.19. The standard InChI is InChI=1S/C14H27N3O2/c1-15(2)12-9-17(10-13(12)18)14(19)11-16-7-5-3-4-6-8-16/h12-13,18H,3-11H2,1-2H3/t12-,13-/m0/s1. The summed E-state index contributed by atoms with van der Waals surface area (Å²) in [6.45, 7) is 3.74. The van der Waals surface area contributed by atoms with E-state index in [1.54, 1.807) is 0 Å². The van der Waals surface area contributed by atoms with E-state index in [0.717, 1.165) is 13.1 Å². The molecule has 0 aliphatic carbocycles. The molecule has 0 saturated carbocycles. The molecule has 0 aromatic carbocycles. The van der Waals surface area contributed by atoms with Crippen LogP contribution in [-0.4, -0.2) is 84.7 Å². The molecule has 2 heterocycles. The van der Waals surface area contributed by atoms with Gasteiger partial charge in [0.15, 0.2) is 0 Å². The lowest BCUT2D eigenvalue weighted by atomic mass is 10.2. The molecule has 5 nitrogen and oxygen atoms in total. The van der Waals surface area contributed by atoms with Gasteiger partial charge in [-0.05, 0) is 40.0 Å². The Balaban J connectivity index is 1.83. The topological polar surface area (TPSA) is 47.0 Å². The molecule has 110 valence electrons. The molecule has 1 amide bonds. The average molecular weight is 269 g/mol. The van der Waals surface area contributed by atoms with Gasteiger partial charge in [-0.1, -0.05) is 12.8 Å². The van der Waals surface area contributed by atoms with E-state index in [2.05, 4.69) is 4.90 Å². The second-order valence-electron chi connectivity index (χ2n) is 6.09. The quantitative estimate of drug-likeness (QED) is 0.783. The van der Waals surface area contributed by atoms with E-state index >= 15 is 0 Å². The smallest absolute Gasteiger partial charge is 0.236 e. The molecular formula is C14H27N3O2. The molecule has 0 unspecified atom stereocenters. The molecule has 19 heavy (non-hydrogen) atoms. The van der Waals surface area contributed by atoms with E-state index in [1.165, 1.54) is 25.7 Å². The summed E-state index contributed by atoms with van der Waals surface area (Å²) in [5.41, 5.74) is 0. The normalized spacial score (nSPS) is 29.8. The number of hydrogen-bond donors (Lipinski definition) is 1. The molecule has 0 aromatic heterocycles. The van der Waals surface area contributed by atoms with Crippen LogP contribution in [0.4, 0.5) is 0 Å². The monoisotopic (exact) mass is 269 g/mol. The molecule has 1 N–H and O–H groups in total. The third-order valence-electron chi connectivity index (χ3n) is 4.33. The van der Waals surface area contributed by atoms with E-state index in [4.69, 9.17) is 0 Å². The molecule has 2 saturated heterocycles. The van der Waals surface area contributed by atoms with Crippen LogP contribution in [0.3, 0.4) is 0 Å². The number of carbonyl (C=O) groups excluding carboxylic acids is 1. The third kappa shape index (κ3) is 3.91. The number of aliphatic hydroxyl groups excluding tert-OH is 1. The van der Waals surface area contributed by atoms with Crippen molar-refractivity contribution < 1.29 is 9.90 Å². The molecule has 2 aliphatic heterocycles. The van der Waals surface area contributed by atoms with Crippen molar-refractivity contribution in [1.82, 2.24) is 14.7 Å². The lowest BCUT2D eigenvalue weighted by Gasteiger charge is -2.24. The van der Waals surface area contributed by atoms with Crippen molar-refractivity contribution in [3.63, 3.8) is 0 Å². The summed E-state index contributed by atoms with van der Waals surface area (Å²) in [6, 6.07) is 0.0769. The van der Waals surface area contributed by atoms with Gasteiger partial charge in [0.2, 0.25) is 5.91 Å². The molecule has 0 bridgehead atoms. The second kappa shape index (κ2) is 6.68. The highest BCUT2D eigenvalue weighted by Gasteiger charge is 2.35. The van der Waals surface area contributed by atoms with Crippen LogP contribution in [0.1, 0.15) is 25.7 Å². The number of β-amino-alcohol motifs (C(OH)–C–C–N with tert-alkyl or cyclic N) is 1. The molecular weight excluding hydrogens is 242 g/mol. The van der Waals surface area contributed by atoms with Crippen molar-refractivity contribution in [2.24, 2.45) is 0 Å². The summed E-state index contributed by atoms with van der Waals surface area (Å²) >= 11 is 0. The number of rotatable bonds is 3. The first kappa shape index (κ1) is 14.8. The van der Waals surface area contributed by atoms with Crippen LogP contribution in [0.2, 0.25) is 0 Å². The van der Waals surface area contributed by atoms with E-state index in [0.29, 0.717) is 19.6 Å². The molecule has 2 rings (SSSR count). The highest BCUT2D eigenvalue weighted by atomic mass is 16.3. The van der Waals surface area contributed by atoms with Crippen LogP contribution >= 0.6 is 0 Å². The van der Waals surface area contributed by atoms with E-state index in [-0.39, 0.29) is 11.9 Å². The highest BCUT2D eigenvalue weighted by Crippen LogP contribution is 2.15. The summed E-state index contributed by atoms with van der Waals surface area (Å²) < 4.78 is 0. The molecule has 2 fully saturated rings. The molecule has 0 radical (unpaired) electrons. The van der Waals surface area contributed by atoms with E-state index in [1.807, 2.05) is 23.9 Å². The van der Waals surface area contributed by atoms with Gasteiger partial charge in [0, 0.05) is 13.1 Å². The summed E-state index contributed by atoms with van der Waals surface area (Å²) in [5.74, 6) is 0.172. The van der Waals surface area contributed by atoms with E-state index in [9.17, 15) is 9.90 Å². The summed E-state index contributed by atoms with van der Waals surface area (Å²) in [5, 5.41) is 9.98. The SMILES string of the molecule is CN(C)[C@H]1CN(C(=O)CN2CCCCCC2)C[C@@H]1O. The predicted molar refractivity (Wildman–Crippen MR) is 75.0 cm³/mol. The Morgan fingerprint density at radius 2 is 1.79 bits per heavy atom. The molecule has 0 aromatic rings. The fourth-order valence-corrected chi connectivity index (χ4v) is 3.07. The van der Waals surface area contributed by atoms with Gasteiger partial charge in [-0.2, -0.15) is 0 Å². The molecule has 2 aliphatic rings. The highest BCUT2D eigenvalue weighted by molar-refractivity contribution is 5.78. The van der Waals surface area contributed by atoms with Crippen LogP contribution < -0.4 is 0 Å². The van der Waals surface area contributed by atoms with Crippen molar-refractivity contribution in [3.8, 4) is 0 Å². The van der Waals surface area contributed by atoms with E-state index < -0.39 is 6.10 Å². The number of carbonyl (C=O) groups is 1. The van der Waals surface area contributed by atoms with Crippen molar-refractivity contribution >= 4 is 5.91 Å². The Morgan fingerprint density at radius 1 is 1.16 bits per heavy atom. The Labute approximate surface area is 116 Å². The number of likely N-dealkylation sites (N-methyl/N-ethyl adjacent to an activating group) is 1. The van der Waals surface area contributed by atoms with Crippen LogP contribution in [0.15, 0.2) is 0 Å². The zero-order chi connectivity index (χ0) is 13.8. The minimum Gasteiger partial charge on any atom is -0.390 e.